The Kier molecular flexibility index (Phi) is 7.56. The van der Waals surface area contributed by atoms with Crippen molar-refractivity contribution in [1.29, 1.82) is 0 Å². The van der Waals surface area contributed by atoms with Crippen molar-refractivity contribution in [2.24, 2.45) is 10.9 Å². The molecule has 1 aliphatic heterocycles. The maximum Gasteiger partial charge on any atom is 0.310 e. The quantitative estimate of drug-likeness (QED) is 0.450. The van der Waals surface area contributed by atoms with Gasteiger partial charge in [-0.3, -0.25) is 14.6 Å². The highest BCUT2D eigenvalue weighted by Crippen LogP contribution is 2.18. The topological polar surface area (TPSA) is 80.2 Å². The van der Waals surface area contributed by atoms with E-state index in [1.165, 1.54) is 7.11 Å². The van der Waals surface area contributed by atoms with Gasteiger partial charge in [0.1, 0.15) is 0 Å². The fraction of sp³-hybridized carbons (Fsp3) is 0.786. The number of aliphatic imine (C=N–C) groups is 1. The number of esters is 2. The van der Waals surface area contributed by atoms with Crippen LogP contribution in [-0.2, 0) is 19.1 Å². The highest BCUT2D eigenvalue weighted by Gasteiger charge is 2.28. The van der Waals surface area contributed by atoms with Crippen LogP contribution in [0.3, 0.4) is 0 Å². The molecule has 120 valence electrons. The Hall–Kier alpha value is -1.79. The number of nitrogens with one attached hydrogen (secondary N) is 1. The number of guanidine groups is 1. The molecule has 1 unspecified atom stereocenters. The van der Waals surface area contributed by atoms with Crippen molar-refractivity contribution in [2.75, 3.05) is 40.4 Å². The number of methoxy groups -OCH3 is 1. The molecule has 1 aliphatic rings. The normalized spacial score (nSPS) is 19.1. The number of carbonyl (C=O) groups is 2. The van der Waals surface area contributed by atoms with Crippen LogP contribution in [0, 0.1) is 5.92 Å². The summed E-state index contributed by atoms with van der Waals surface area (Å²) in [4.78, 5) is 29.2. The molecule has 1 N–H and O–H groups in total. The maximum atomic E-state index is 11.8. The van der Waals surface area contributed by atoms with Crippen LogP contribution in [0.5, 0.6) is 0 Å². The Bertz CT molecular complexity index is 384. The molecule has 7 heteroatoms. The molecule has 0 spiro atoms. The summed E-state index contributed by atoms with van der Waals surface area (Å²) in [6.07, 6.45) is 2.04. The van der Waals surface area contributed by atoms with Gasteiger partial charge in [0, 0.05) is 26.7 Å². The summed E-state index contributed by atoms with van der Waals surface area (Å²) in [5.41, 5.74) is 0. The van der Waals surface area contributed by atoms with E-state index in [0.29, 0.717) is 25.7 Å². The van der Waals surface area contributed by atoms with Crippen LogP contribution in [0.2, 0.25) is 0 Å². The molecule has 21 heavy (non-hydrogen) atoms. The zero-order valence-electron chi connectivity index (χ0n) is 13.1. The van der Waals surface area contributed by atoms with Gasteiger partial charge in [0.05, 0.1) is 26.1 Å². The molecule has 1 saturated heterocycles. The zero-order valence-corrected chi connectivity index (χ0v) is 13.1. The van der Waals surface area contributed by atoms with Crippen LogP contribution < -0.4 is 5.32 Å². The van der Waals surface area contributed by atoms with E-state index in [1.54, 1.807) is 7.05 Å². The molecule has 0 aromatic heterocycles. The molecular formula is C14H25N3O4. The van der Waals surface area contributed by atoms with Crippen LogP contribution in [0.15, 0.2) is 4.99 Å². The summed E-state index contributed by atoms with van der Waals surface area (Å²) < 4.78 is 9.68. The lowest BCUT2D eigenvalue weighted by atomic mass is 9.98. The average molecular weight is 299 g/mol. The molecule has 0 amide bonds. The minimum atomic E-state index is -0.263. The molecule has 0 aromatic rings. The van der Waals surface area contributed by atoms with Crippen molar-refractivity contribution in [1.82, 2.24) is 10.2 Å². The number of ether oxygens (including phenoxy) is 2. The van der Waals surface area contributed by atoms with Crippen LogP contribution in [0.4, 0.5) is 0 Å². The summed E-state index contributed by atoms with van der Waals surface area (Å²) in [5.74, 6) is 0.180. The predicted octanol–water partition coefficient (Wildman–Crippen LogP) is 0.400. The van der Waals surface area contributed by atoms with Crippen molar-refractivity contribution in [3.8, 4) is 0 Å². The highest BCUT2D eigenvalue weighted by molar-refractivity contribution is 5.82. The lowest BCUT2D eigenvalue weighted by Gasteiger charge is -2.33. The number of likely N-dealkylation sites (tertiary alicyclic amines) is 1. The van der Waals surface area contributed by atoms with Gasteiger partial charge in [0.2, 0.25) is 0 Å². The number of rotatable bonds is 5. The van der Waals surface area contributed by atoms with Gasteiger partial charge in [-0.05, 0) is 19.8 Å². The highest BCUT2D eigenvalue weighted by atomic mass is 16.5. The minimum absolute atomic E-state index is 0.113. The van der Waals surface area contributed by atoms with Gasteiger partial charge < -0.3 is 19.7 Å². The molecule has 0 radical (unpaired) electrons. The third-order valence-electron chi connectivity index (χ3n) is 3.39. The molecule has 1 atom stereocenters. The average Bonchev–Trinajstić information content (AvgIpc) is 2.51. The summed E-state index contributed by atoms with van der Waals surface area (Å²) in [6.45, 7) is 4.11. The van der Waals surface area contributed by atoms with Crippen molar-refractivity contribution < 1.29 is 19.1 Å². The molecule has 0 aliphatic carbocycles. The molecule has 0 aromatic carbocycles. The second-order valence-electron chi connectivity index (χ2n) is 4.84. The van der Waals surface area contributed by atoms with E-state index < -0.39 is 0 Å². The smallest absolute Gasteiger partial charge is 0.310 e. The first kappa shape index (κ1) is 17.3. The number of nitrogens with zero attached hydrogens (tertiary/aromatic N) is 2. The van der Waals surface area contributed by atoms with Gasteiger partial charge in [0.25, 0.3) is 0 Å². The van der Waals surface area contributed by atoms with E-state index in [9.17, 15) is 9.59 Å². The monoisotopic (exact) mass is 299 g/mol. The largest absolute Gasteiger partial charge is 0.469 e. The molecular weight excluding hydrogens is 274 g/mol. The molecule has 1 rings (SSSR count). The Morgan fingerprint density at radius 3 is 2.81 bits per heavy atom. The van der Waals surface area contributed by atoms with Crippen molar-refractivity contribution in [3.05, 3.63) is 0 Å². The summed E-state index contributed by atoms with van der Waals surface area (Å²) in [6, 6.07) is 0. The first-order valence-corrected chi connectivity index (χ1v) is 7.31. The van der Waals surface area contributed by atoms with E-state index in [0.717, 1.165) is 19.4 Å². The Balaban J connectivity index is 2.48. The second kappa shape index (κ2) is 9.20. The number of piperidine rings is 1. The van der Waals surface area contributed by atoms with Gasteiger partial charge >= 0.3 is 11.9 Å². The lowest BCUT2D eigenvalue weighted by Crippen LogP contribution is -2.48. The fourth-order valence-electron chi connectivity index (χ4n) is 2.33. The summed E-state index contributed by atoms with van der Waals surface area (Å²) >= 11 is 0. The molecule has 1 heterocycles. The number of hydrogen-bond acceptors (Lipinski definition) is 5. The van der Waals surface area contributed by atoms with E-state index in [-0.39, 0.29) is 24.3 Å². The van der Waals surface area contributed by atoms with Crippen molar-refractivity contribution in [2.45, 2.75) is 26.2 Å². The SMILES string of the molecule is CCOC(=O)C1CCCN(C(=NC)NCCC(=O)OC)C1. The zero-order chi connectivity index (χ0) is 15.7. The van der Waals surface area contributed by atoms with Gasteiger partial charge in [0.15, 0.2) is 5.96 Å². The van der Waals surface area contributed by atoms with E-state index in [2.05, 4.69) is 15.0 Å². The standard InChI is InChI=1S/C14H25N3O4/c1-4-21-13(19)11-6-5-9-17(10-11)14(15-2)16-8-7-12(18)20-3/h11H,4-10H2,1-3H3,(H,15,16). The third kappa shape index (κ3) is 5.61. The molecule has 7 nitrogen and oxygen atoms in total. The molecule has 0 saturated carbocycles. The van der Waals surface area contributed by atoms with E-state index in [1.807, 2.05) is 11.8 Å². The molecule has 1 fully saturated rings. The Morgan fingerprint density at radius 1 is 1.43 bits per heavy atom. The first-order chi connectivity index (χ1) is 10.1. The van der Waals surface area contributed by atoms with Crippen LogP contribution in [0.1, 0.15) is 26.2 Å². The number of carbonyl (C=O) groups excluding carboxylic acids is 2. The Labute approximate surface area is 125 Å². The fourth-order valence-corrected chi connectivity index (χ4v) is 2.33. The van der Waals surface area contributed by atoms with Gasteiger partial charge in [-0.2, -0.15) is 0 Å². The number of hydrogen-bond donors (Lipinski definition) is 1. The predicted molar refractivity (Wildman–Crippen MR) is 78.9 cm³/mol. The third-order valence-corrected chi connectivity index (χ3v) is 3.39. The second-order valence-corrected chi connectivity index (χ2v) is 4.84. The van der Waals surface area contributed by atoms with Crippen LogP contribution in [-0.4, -0.2) is 63.2 Å². The van der Waals surface area contributed by atoms with E-state index in [4.69, 9.17) is 4.74 Å². The summed E-state index contributed by atoms with van der Waals surface area (Å²) in [7, 11) is 3.06. The van der Waals surface area contributed by atoms with Crippen LogP contribution >= 0.6 is 0 Å². The maximum absolute atomic E-state index is 11.8. The van der Waals surface area contributed by atoms with Gasteiger partial charge in [-0.1, -0.05) is 0 Å². The van der Waals surface area contributed by atoms with Gasteiger partial charge in [-0.15, -0.1) is 0 Å². The molecule has 0 bridgehead atoms. The van der Waals surface area contributed by atoms with Crippen molar-refractivity contribution >= 4 is 17.9 Å². The summed E-state index contributed by atoms with van der Waals surface area (Å²) in [5, 5.41) is 3.12. The lowest BCUT2D eigenvalue weighted by molar-refractivity contribution is -0.149. The minimum Gasteiger partial charge on any atom is -0.469 e. The first-order valence-electron chi connectivity index (χ1n) is 7.31. The van der Waals surface area contributed by atoms with Crippen molar-refractivity contribution in [3.63, 3.8) is 0 Å². The van der Waals surface area contributed by atoms with Crippen LogP contribution in [0.25, 0.3) is 0 Å². The van der Waals surface area contributed by atoms with E-state index >= 15 is 0 Å². The van der Waals surface area contributed by atoms with Gasteiger partial charge in [-0.25, -0.2) is 0 Å². The Morgan fingerprint density at radius 2 is 2.19 bits per heavy atom.